The first kappa shape index (κ1) is 15.1. The summed E-state index contributed by atoms with van der Waals surface area (Å²) in [5, 5.41) is 2.65. The summed E-state index contributed by atoms with van der Waals surface area (Å²) >= 11 is 0. The third kappa shape index (κ3) is 3.18. The highest BCUT2D eigenvalue weighted by atomic mass is 19.4. The first-order valence-electron chi connectivity index (χ1n) is 7.60. The number of hydrogen-bond donors (Lipinski definition) is 1. The molecule has 0 aromatic heterocycles. The maximum atomic E-state index is 12.7. The molecule has 2 aliphatic rings. The molecule has 3 rings (SSSR count). The zero-order valence-corrected chi connectivity index (χ0v) is 12.1. The largest absolute Gasteiger partial charge is 0.416 e. The van der Waals surface area contributed by atoms with E-state index in [1.165, 1.54) is 12.1 Å². The molecule has 1 aromatic rings. The van der Waals surface area contributed by atoms with Crippen molar-refractivity contribution >= 4 is 11.6 Å². The number of carbonyl (C=O) groups is 1. The highest BCUT2D eigenvalue weighted by Gasteiger charge is 2.53. The lowest BCUT2D eigenvalue weighted by molar-refractivity contribution is -0.137. The van der Waals surface area contributed by atoms with Crippen LogP contribution in [0.2, 0.25) is 0 Å². The van der Waals surface area contributed by atoms with Crippen LogP contribution in [0.1, 0.15) is 31.2 Å². The van der Waals surface area contributed by atoms with Gasteiger partial charge in [-0.15, -0.1) is 0 Å². The monoisotopic (exact) mass is 309 g/mol. The van der Waals surface area contributed by atoms with Gasteiger partial charge in [0.25, 0.3) is 0 Å². The number of nitrogens with one attached hydrogen (secondary N) is 1. The van der Waals surface area contributed by atoms with Gasteiger partial charge in [0.15, 0.2) is 0 Å². The Morgan fingerprint density at radius 2 is 1.73 bits per heavy atom. The molecule has 5 heteroatoms. The van der Waals surface area contributed by atoms with Crippen LogP contribution in [-0.2, 0) is 11.0 Å². The number of carbonyl (C=O) groups excluding carboxylic acids is 1. The second-order valence-electron chi connectivity index (χ2n) is 6.05. The smallest absolute Gasteiger partial charge is 0.326 e. The van der Waals surface area contributed by atoms with E-state index in [1.54, 1.807) is 0 Å². The fourth-order valence-electron chi connectivity index (χ4n) is 3.43. The zero-order chi connectivity index (χ0) is 15.7. The topological polar surface area (TPSA) is 29.1 Å². The summed E-state index contributed by atoms with van der Waals surface area (Å²) < 4.78 is 38.1. The van der Waals surface area contributed by atoms with Crippen LogP contribution in [-0.4, -0.2) is 5.91 Å². The Labute approximate surface area is 127 Å². The van der Waals surface area contributed by atoms with Crippen LogP contribution < -0.4 is 5.32 Å². The Bertz CT molecular complexity index is 578. The van der Waals surface area contributed by atoms with Gasteiger partial charge in [0, 0.05) is 11.6 Å². The van der Waals surface area contributed by atoms with Crippen molar-refractivity contribution < 1.29 is 18.0 Å². The second-order valence-corrected chi connectivity index (χ2v) is 6.05. The number of amides is 1. The quantitative estimate of drug-likeness (QED) is 0.793. The van der Waals surface area contributed by atoms with E-state index < -0.39 is 11.7 Å². The lowest BCUT2D eigenvalue weighted by atomic mass is 10.1. The van der Waals surface area contributed by atoms with Gasteiger partial charge in [-0.3, -0.25) is 4.79 Å². The Hall–Kier alpha value is -1.78. The van der Waals surface area contributed by atoms with E-state index >= 15 is 0 Å². The highest BCUT2D eigenvalue weighted by Crippen LogP contribution is 2.53. The summed E-state index contributed by atoms with van der Waals surface area (Å²) in [5.41, 5.74) is -0.520. The van der Waals surface area contributed by atoms with Crippen molar-refractivity contribution in [3.63, 3.8) is 0 Å². The lowest BCUT2D eigenvalue weighted by Gasteiger charge is -2.10. The third-order valence-corrected chi connectivity index (χ3v) is 4.59. The molecule has 0 unspecified atom stereocenters. The molecule has 0 saturated heterocycles. The first-order chi connectivity index (χ1) is 10.5. The molecule has 1 N–H and O–H groups in total. The lowest BCUT2D eigenvalue weighted by Crippen LogP contribution is -2.16. The minimum atomic E-state index is -4.39. The minimum absolute atomic E-state index is 0.0468. The molecule has 1 fully saturated rings. The predicted molar refractivity (Wildman–Crippen MR) is 78.2 cm³/mol. The molecule has 0 radical (unpaired) electrons. The number of rotatable bonds is 2. The van der Waals surface area contributed by atoms with Gasteiger partial charge in [-0.1, -0.05) is 18.2 Å². The molecule has 0 heterocycles. The predicted octanol–water partition coefficient (Wildman–Crippen LogP) is 4.64. The van der Waals surface area contributed by atoms with Gasteiger partial charge >= 0.3 is 6.18 Å². The molecule has 1 amide bonds. The van der Waals surface area contributed by atoms with Gasteiger partial charge in [-0.05, 0) is 55.7 Å². The Balaban J connectivity index is 1.66. The van der Waals surface area contributed by atoms with Crippen molar-refractivity contribution in [3.05, 3.63) is 42.0 Å². The van der Waals surface area contributed by atoms with E-state index in [2.05, 4.69) is 17.5 Å². The van der Waals surface area contributed by atoms with E-state index in [-0.39, 0.29) is 17.5 Å². The Morgan fingerprint density at radius 3 is 2.32 bits per heavy atom. The average molecular weight is 309 g/mol. The Morgan fingerprint density at radius 1 is 1.09 bits per heavy atom. The minimum Gasteiger partial charge on any atom is -0.326 e. The molecular formula is C17H18F3NO. The van der Waals surface area contributed by atoms with E-state index in [0.717, 1.165) is 37.8 Å². The fourth-order valence-corrected chi connectivity index (χ4v) is 3.43. The third-order valence-electron chi connectivity index (χ3n) is 4.59. The standard InChI is InChI=1S/C17H18F3NO/c18-17(19,20)11-6-5-7-12(10-11)21-16(22)15-13-8-3-1-2-4-9-14(13)15/h1-2,5-7,10,13-15H,3-4,8-9H2,(H,21,22)/b2-1-/t13-,14-/m0/s1. The van der Waals surface area contributed by atoms with Gasteiger partial charge in [0.05, 0.1) is 5.56 Å². The number of alkyl halides is 3. The van der Waals surface area contributed by atoms with Crippen LogP contribution in [0.25, 0.3) is 0 Å². The maximum absolute atomic E-state index is 12.7. The molecule has 0 aliphatic heterocycles. The van der Waals surface area contributed by atoms with Gasteiger partial charge in [-0.25, -0.2) is 0 Å². The summed E-state index contributed by atoms with van der Waals surface area (Å²) in [6, 6.07) is 4.81. The number of fused-ring (bicyclic) bond motifs is 1. The van der Waals surface area contributed by atoms with Crippen molar-refractivity contribution in [1.82, 2.24) is 0 Å². The van der Waals surface area contributed by atoms with Crippen molar-refractivity contribution in [2.45, 2.75) is 31.9 Å². The first-order valence-corrected chi connectivity index (χ1v) is 7.60. The number of hydrogen-bond acceptors (Lipinski definition) is 1. The molecule has 1 aromatic carbocycles. The SMILES string of the molecule is O=C(Nc1cccc(C(F)(F)F)c1)C1[C@H]2CC/C=C\CC[C@H]12. The van der Waals surface area contributed by atoms with Gasteiger partial charge in [0.1, 0.15) is 0 Å². The average Bonchev–Trinajstić information content (AvgIpc) is 3.09. The van der Waals surface area contributed by atoms with Crippen LogP contribution in [0, 0.1) is 17.8 Å². The summed E-state index contributed by atoms with van der Waals surface area (Å²) in [6.07, 6.45) is 3.84. The fraction of sp³-hybridized carbons (Fsp3) is 0.471. The highest BCUT2D eigenvalue weighted by molar-refractivity contribution is 5.95. The molecule has 0 bridgehead atoms. The van der Waals surface area contributed by atoms with E-state index in [4.69, 9.17) is 0 Å². The summed E-state index contributed by atoms with van der Waals surface area (Å²) in [5.74, 6) is 0.581. The van der Waals surface area contributed by atoms with Crippen molar-refractivity contribution in [1.29, 1.82) is 0 Å². The Kier molecular flexibility index (Phi) is 3.98. The second kappa shape index (κ2) is 5.78. The van der Waals surface area contributed by atoms with Crippen molar-refractivity contribution in [3.8, 4) is 0 Å². The van der Waals surface area contributed by atoms with Crippen LogP contribution in [0.15, 0.2) is 36.4 Å². The number of benzene rings is 1. The van der Waals surface area contributed by atoms with Crippen LogP contribution in [0.4, 0.5) is 18.9 Å². The molecule has 1 saturated carbocycles. The van der Waals surface area contributed by atoms with Gasteiger partial charge < -0.3 is 5.32 Å². The molecular weight excluding hydrogens is 291 g/mol. The van der Waals surface area contributed by atoms with Crippen molar-refractivity contribution in [2.24, 2.45) is 17.8 Å². The molecule has 2 nitrogen and oxygen atoms in total. The van der Waals surface area contributed by atoms with Gasteiger partial charge in [0.2, 0.25) is 5.91 Å². The zero-order valence-electron chi connectivity index (χ0n) is 12.1. The molecule has 0 spiro atoms. The molecule has 118 valence electrons. The van der Waals surface area contributed by atoms with Crippen LogP contribution in [0.3, 0.4) is 0 Å². The summed E-state index contributed by atoms with van der Waals surface area (Å²) in [6.45, 7) is 0. The molecule has 2 atom stereocenters. The number of allylic oxidation sites excluding steroid dienone is 2. The molecule has 22 heavy (non-hydrogen) atoms. The maximum Gasteiger partial charge on any atom is 0.416 e. The van der Waals surface area contributed by atoms with E-state index in [0.29, 0.717) is 11.8 Å². The number of anilines is 1. The van der Waals surface area contributed by atoms with Crippen molar-refractivity contribution in [2.75, 3.05) is 5.32 Å². The summed E-state index contributed by atoms with van der Waals surface area (Å²) in [7, 11) is 0. The van der Waals surface area contributed by atoms with Gasteiger partial charge in [-0.2, -0.15) is 13.2 Å². The van der Waals surface area contributed by atoms with Crippen LogP contribution >= 0.6 is 0 Å². The normalized spacial score (nSPS) is 29.0. The van der Waals surface area contributed by atoms with Crippen LogP contribution in [0.5, 0.6) is 0 Å². The van der Waals surface area contributed by atoms with E-state index in [9.17, 15) is 18.0 Å². The summed E-state index contributed by atoms with van der Waals surface area (Å²) in [4.78, 5) is 12.3. The molecule has 2 aliphatic carbocycles. The number of halogens is 3. The van der Waals surface area contributed by atoms with E-state index in [1.807, 2.05) is 0 Å².